The number of amides is 1. The second kappa shape index (κ2) is 9.70. The molecule has 1 aromatic rings. The minimum absolute atomic E-state index is 0.00803. The number of hydrogen-bond acceptors (Lipinski definition) is 4. The lowest BCUT2D eigenvalue weighted by Gasteiger charge is -2.13. The van der Waals surface area contributed by atoms with Gasteiger partial charge < -0.3 is 14.9 Å². The number of oxime groups is 1. The van der Waals surface area contributed by atoms with Crippen LogP contribution in [0.15, 0.2) is 29.4 Å². The number of nitrogens with one attached hydrogen (secondary N) is 1. The maximum Gasteiger partial charge on any atom is 0.387 e. The van der Waals surface area contributed by atoms with Crippen molar-refractivity contribution in [2.45, 2.75) is 39.3 Å². The summed E-state index contributed by atoms with van der Waals surface area (Å²) in [5, 5.41) is 6.39. The van der Waals surface area contributed by atoms with Crippen molar-refractivity contribution in [3.8, 4) is 5.75 Å². The summed E-state index contributed by atoms with van der Waals surface area (Å²) in [6.45, 7) is 0.812. The Labute approximate surface area is 128 Å². The lowest BCUT2D eigenvalue weighted by Crippen LogP contribution is -2.36. The van der Waals surface area contributed by atoms with Gasteiger partial charge in [-0.05, 0) is 25.0 Å². The van der Waals surface area contributed by atoms with Crippen LogP contribution in [-0.2, 0) is 9.63 Å². The second-order valence-corrected chi connectivity index (χ2v) is 4.51. The van der Waals surface area contributed by atoms with E-state index in [1.54, 1.807) is 18.2 Å². The third-order valence-electron chi connectivity index (χ3n) is 2.95. The molecule has 0 aliphatic heterocycles. The molecule has 1 aromatic carbocycles. The highest BCUT2D eigenvalue weighted by Crippen LogP contribution is 2.18. The van der Waals surface area contributed by atoms with Gasteiger partial charge in [-0.15, -0.1) is 0 Å². The molecule has 0 saturated carbocycles. The van der Waals surface area contributed by atoms with Gasteiger partial charge in [-0.2, -0.15) is 8.78 Å². The standard InChI is InChI=1S/C15H20F2N2O3/c1-3-12(4-2)19-14(20)10-21-18-9-11-7-5-6-8-13(11)22-15(16)17/h5-9,12,15H,3-4,10H2,1-2H3,(H,19,20)/b18-9+. The van der Waals surface area contributed by atoms with Gasteiger partial charge in [0.25, 0.3) is 5.91 Å². The second-order valence-electron chi connectivity index (χ2n) is 4.51. The maximum absolute atomic E-state index is 12.2. The van der Waals surface area contributed by atoms with Crippen molar-refractivity contribution < 1.29 is 23.1 Å². The molecule has 22 heavy (non-hydrogen) atoms. The number of ether oxygens (including phenoxy) is 1. The third-order valence-corrected chi connectivity index (χ3v) is 2.95. The van der Waals surface area contributed by atoms with E-state index in [1.807, 2.05) is 13.8 Å². The van der Waals surface area contributed by atoms with Gasteiger partial charge >= 0.3 is 6.61 Å². The first-order chi connectivity index (χ1) is 10.6. The number of nitrogens with zero attached hydrogens (tertiary/aromatic N) is 1. The van der Waals surface area contributed by atoms with Crippen molar-refractivity contribution in [2.75, 3.05) is 6.61 Å². The Morgan fingerprint density at radius 1 is 1.32 bits per heavy atom. The number of hydrogen-bond donors (Lipinski definition) is 1. The predicted molar refractivity (Wildman–Crippen MR) is 79.1 cm³/mol. The molecule has 122 valence electrons. The molecule has 0 atom stereocenters. The summed E-state index contributed by atoms with van der Waals surface area (Å²) in [6.07, 6.45) is 2.90. The summed E-state index contributed by atoms with van der Waals surface area (Å²) >= 11 is 0. The lowest BCUT2D eigenvalue weighted by molar-refractivity contribution is -0.126. The van der Waals surface area contributed by atoms with Crippen molar-refractivity contribution in [3.05, 3.63) is 29.8 Å². The largest absolute Gasteiger partial charge is 0.434 e. The zero-order valence-corrected chi connectivity index (χ0v) is 12.6. The molecule has 1 amide bonds. The minimum Gasteiger partial charge on any atom is -0.434 e. The van der Waals surface area contributed by atoms with Gasteiger partial charge in [0, 0.05) is 11.6 Å². The van der Waals surface area contributed by atoms with Gasteiger partial charge in [0.15, 0.2) is 6.61 Å². The summed E-state index contributed by atoms with van der Waals surface area (Å²) < 4.78 is 28.8. The average molecular weight is 314 g/mol. The lowest BCUT2D eigenvalue weighted by atomic mass is 10.2. The molecule has 1 rings (SSSR count). The number of halogens is 2. The Hall–Kier alpha value is -2.18. The van der Waals surface area contributed by atoms with E-state index in [0.717, 1.165) is 12.8 Å². The molecule has 0 aliphatic carbocycles. The zero-order chi connectivity index (χ0) is 16.4. The predicted octanol–water partition coefficient (Wildman–Crippen LogP) is 2.94. The van der Waals surface area contributed by atoms with Gasteiger partial charge in [-0.1, -0.05) is 31.1 Å². The maximum atomic E-state index is 12.2. The van der Waals surface area contributed by atoms with Crippen LogP contribution in [0.5, 0.6) is 5.75 Å². The molecule has 7 heteroatoms. The fourth-order valence-electron chi connectivity index (χ4n) is 1.74. The highest BCUT2D eigenvalue weighted by Gasteiger charge is 2.09. The van der Waals surface area contributed by atoms with Gasteiger partial charge in [-0.3, -0.25) is 4.79 Å². The van der Waals surface area contributed by atoms with E-state index < -0.39 is 6.61 Å². The number of benzene rings is 1. The molecule has 0 radical (unpaired) electrons. The molecule has 0 unspecified atom stereocenters. The Bertz CT molecular complexity index is 491. The fraction of sp³-hybridized carbons (Fsp3) is 0.467. The van der Waals surface area contributed by atoms with Crippen LogP contribution in [0.3, 0.4) is 0 Å². The molecule has 0 bridgehead atoms. The topological polar surface area (TPSA) is 59.9 Å². The van der Waals surface area contributed by atoms with Gasteiger partial charge in [0.05, 0.1) is 6.21 Å². The first-order valence-electron chi connectivity index (χ1n) is 7.05. The van der Waals surface area contributed by atoms with Crippen LogP contribution < -0.4 is 10.1 Å². The van der Waals surface area contributed by atoms with Crippen LogP contribution in [0.1, 0.15) is 32.3 Å². The summed E-state index contributed by atoms with van der Waals surface area (Å²) in [5.41, 5.74) is 0.336. The highest BCUT2D eigenvalue weighted by atomic mass is 19.3. The number of alkyl halides is 2. The molecule has 0 aromatic heterocycles. The van der Waals surface area contributed by atoms with Crippen molar-refractivity contribution in [2.24, 2.45) is 5.16 Å². The van der Waals surface area contributed by atoms with Crippen LogP contribution in [0.25, 0.3) is 0 Å². The van der Waals surface area contributed by atoms with Crippen molar-refractivity contribution >= 4 is 12.1 Å². The minimum atomic E-state index is -2.92. The SMILES string of the molecule is CCC(CC)NC(=O)CO/N=C/c1ccccc1OC(F)F. The van der Waals surface area contributed by atoms with Crippen LogP contribution >= 0.6 is 0 Å². The molecular formula is C15H20F2N2O3. The van der Waals surface area contributed by atoms with E-state index in [0.29, 0.717) is 5.56 Å². The first kappa shape index (κ1) is 17.9. The van der Waals surface area contributed by atoms with Gasteiger partial charge in [0.1, 0.15) is 5.75 Å². The van der Waals surface area contributed by atoms with Gasteiger partial charge in [-0.25, -0.2) is 0 Å². The molecule has 0 fully saturated rings. The average Bonchev–Trinajstić information content (AvgIpc) is 2.50. The van der Waals surface area contributed by atoms with Crippen molar-refractivity contribution in [1.82, 2.24) is 5.32 Å². The van der Waals surface area contributed by atoms with E-state index in [-0.39, 0.29) is 24.3 Å². The van der Waals surface area contributed by atoms with E-state index in [1.165, 1.54) is 12.3 Å². The van der Waals surface area contributed by atoms with Crippen LogP contribution in [0.4, 0.5) is 8.78 Å². The molecule has 0 saturated heterocycles. The van der Waals surface area contributed by atoms with E-state index in [4.69, 9.17) is 4.84 Å². The van der Waals surface area contributed by atoms with E-state index in [2.05, 4.69) is 15.2 Å². The summed E-state index contributed by atoms with van der Waals surface area (Å²) in [4.78, 5) is 16.4. The number of carbonyl (C=O) groups is 1. The monoisotopic (exact) mass is 314 g/mol. The molecule has 0 heterocycles. The van der Waals surface area contributed by atoms with Gasteiger partial charge in [0.2, 0.25) is 0 Å². The summed E-state index contributed by atoms with van der Waals surface area (Å²) in [6, 6.07) is 6.28. The summed E-state index contributed by atoms with van der Waals surface area (Å²) in [7, 11) is 0. The highest BCUT2D eigenvalue weighted by molar-refractivity contribution is 5.83. The molecule has 5 nitrogen and oxygen atoms in total. The van der Waals surface area contributed by atoms with E-state index >= 15 is 0 Å². The molecule has 0 aliphatic rings. The third kappa shape index (κ3) is 6.51. The Morgan fingerprint density at radius 2 is 2.00 bits per heavy atom. The van der Waals surface area contributed by atoms with Crippen molar-refractivity contribution in [3.63, 3.8) is 0 Å². The Kier molecular flexibility index (Phi) is 7.88. The Morgan fingerprint density at radius 3 is 2.64 bits per heavy atom. The quantitative estimate of drug-likeness (QED) is 0.563. The number of carbonyl (C=O) groups excluding carboxylic acids is 1. The summed E-state index contributed by atoms with van der Waals surface area (Å²) in [5.74, 6) is -0.283. The normalized spacial score (nSPS) is 11.2. The van der Waals surface area contributed by atoms with Crippen molar-refractivity contribution in [1.29, 1.82) is 0 Å². The fourth-order valence-corrected chi connectivity index (χ4v) is 1.74. The first-order valence-corrected chi connectivity index (χ1v) is 7.05. The zero-order valence-electron chi connectivity index (χ0n) is 12.6. The smallest absolute Gasteiger partial charge is 0.387 e. The van der Waals surface area contributed by atoms with Crippen LogP contribution in [0, 0.1) is 0 Å². The molecular weight excluding hydrogens is 294 g/mol. The number of rotatable bonds is 9. The molecule has 1 N–H and O–H groups in total. The Balaban J connectivity index is 2.48. The van der Waals surface area contributed by atoms with E-state index in [9.17, 15) is 13.6 Å². The van der Waals surface area contributed by atoms with Crippen LogP contribution in [-0.4, -0.2) is 31.4 Å². The number of para-hydroxylation sites is 1. The molecule has 0 spiro atoms. The van der Waals surface area contributed by atoms with Crippen LogP contribution in [0.2, 0.25) is 0 Å².